The number of nitrogens with zero attached hydrogens (tertiary/aromatic N) is 1. The molecule has 160 valence electrons. The Morgan fingerprint density at radius 1 is 1.09 bits per heavy atom. The lowest BCUT2D eigenvalue weighted by molar-refractivity contribution is -0.191. The molecule has 7 nitrogen and oxygen atoms in total. The average Bonchev–Trinajstić information content (AvgIpc) is 3.33. The van der Waals surface area contributed by atoms with Crippen LogP contribution in [0, 0.1) is 25.7 Å². The summed E-state index contributed by atoms with van der Waals surface area (Å²) >= 11 is 1.73. The lowest BCUT2D eigenvalue weighted by atomic mass is 10.1. The van der Waals surface area contributed by atoms with Crippen LogP contribution in [-0.4, -0.2) is 17.4 Å². The zero-order valence-electron chi connectivity index (χ0n) is 17.3. The lowest BCUT2D eigenvalue weighted by Gasteiger charge is -2.06. The Morgan fingerprint density at radius 2 is 1.84 bits per heavy atom. The Kier molecular flexibility index (Phi) is 7.55. The molecule has 1 amide bonds. The molecule has 0 bridgehead atoms. The number of hydrogen-bond donors (Lipinski definition) is 1. The summed E-state index contributed by atoms with van der Waals surface area (Å²) in [7, 11) is 0. The summed E-state index contributed by atoms with van der Waals surface area (Å²) in [6.07, 6.45) is -0.335. The van der Waals surface area contributed by atoms with Gasteiger partial charge in [0.1, 0.15) is 18.0 Å². The molecule has 4 aromatic rings. The van der Waals surface area contributed by atoms with Gasteiger partial charge < -0.3 is 9.26 Å². The average molecular weight is 446 g/mol. The fraction of sp³-hybridized carbons (Fsp3) is 0.125. The van der Waals surface area contributed by atoms with Gasteiger partial charge in [0, 0.05) is 15.1 Å². The number of anilines is 1. The molecule has 1 N–H and O–H groups in total. The van der Waals surface area contributed by atoms with E-state index < -0.39 is 6.09 Å². The molecule has 32 heavy (non-hydrogen) atoms. The van der Waals surface area contributed by atoms with Crippen molar-refractivity contribution in [2.45, 2.75) is 20.5 Å². The zero-order chi connectivity index (χ0) is 22.9. The van der Waals surface area contributed by atoms with Gasteiger partial charge in [-0.05, 0) is 48.9 Å². The highest BCUT2D eigenvalue weighted by Crippen LogP contribution is 2.26. The van der Waals surface area contributed by atoms with Gasteiger partial charge in [0.25, 0.3) is 0 Å². The van der Waals surface area contributed by atoms with Crippen molar-refractivity contribution in [2.24, 2.45) is 0 Å². The molecular formula is C24H18N2O5S. The number of fused-ring (bicyclic) bond motifs is 1. The number of amides is 1. The number of aromatic nitrogens is 1. The minimum absolute atomic E-state index is 0.179. The fourth-order valence-electron chi connectivity index (χ4n) is 2.83. The number of rotatable bonds is 3. The predicted octanol–water partition coefficient (Wildman–Crippen LogP) is 5.07. The summed E-state index contributed by atoms with van der Waals surface area (Å²) in [5.41, 5.74) is 2.73. The van der Waals surface area contributed by atoms with Crippen LogP contribution >= 0.6 is 11.3 Å². The number of nitrogens with one attached hydrogen (secondary N) is 1. The number of benzene rings is 2. The molecule has 0 atom stereocenters. The van der Waals surface area contributed by atoms with Gasteiger partial charge in [-0.2, -0.15) is 9.59 Å². The van der Waals surface area contributed by atoms with Crippen LogP contribution in [0.25, 0.3) is 10.1 Å². The van der Waals surface area contributed by atoms with Crippen LogP contribution < -0.4 is 5.32 Å². The van der Waals surface area contributed by atoms with Gasteiger partial charge in [-0.25, -0.2) is 4.79 Å². The standard InChI is InChI=1S/C23H18N2O3S.CO2/c1-15-12-19-10-8-17(13-21(19)29-15)9-11-20-22(16(2)25-28-20)24-23(26)27-14-18-6-4-3-5-7-18;2-1-3/h3-8,10,12-13H,14H2,1-2H3,(H,24,26);. The van der Waals surface area contributed by atoms with Crippen molar-refractivity contribution in [3.8, 4) is 11.8 Å². The highest BCUT2D eigenvalue weighted by atomic mass is 32.1. The Morgan fingerprint density at radius 3 is 2.59 bits per heavy atom. The van der Waals surface area contributed by atoms with E-state index >= 15 is 0 Å². The first-order valence-corrected chi connectivity index (χ1v) is 10.3. The summed E-state index contributed by atoms with van der Waals surface area (Å²) < 4.78 is 11.7. The van der Waals surface area contributed by atoms with E-state index in [2.05, 4.69) is 41.4 Å². The van der Waals surface area contributed by atoms with Crippen LogP contribution in [0.4, 0.5) is 10.5 Å². The normalized spacial score (nSPS) is 9.69. The van der Waals surface area contributed by atoms with E-state index in [-0.39, 0.29) is 12.8 Å². The first-order valence-electron chi connectivity index (χ1n) is 9.45. The third-order valence-electron chi connectivity index (χ3n) is 4.27. The number of ether oxygens (including phenoxy) is 1. The van der Waals surface area contributed by atoms with E-state index in [1.54, 1.807) is 18.3 Å². The van der Waals surface area contributed by atoms with Crippen LogP contribution in [0.5, 0.6) is 0 Å². The van der Waals surface area contributed by atoms with Crippen LogP contribution in [0.2, 0.25) is 0 Å². The van der Waals surface area contributed by atoms with Crippen LogP contribution in [-0.2, 0) is 20.9 Å². The summed E-state index contributed by atoms with van der Waals surface area (Å²) in [5.74, 6) is 6.33. The van der Waals surface area contributed by atoms with E-state index in [4.69, 9.17) is 18.8 Å². The molecule has 8 heteroatoms. The monoisotopic (exact) mass is 446 g/mol. The van der Waals surface area contributed by atoms with Gasteiger partial charge in [-0.15, -0.1) is 11.3 Å². The molecular weight excluding hydrogens is 428 g/mol. The Labute approximate surface area is 188 Å². The number of thiophene rings is 1. The van der Waals surface area contributed by atoms with Gasteiger partial charge in [-0.3, -0.25) is 5.32 Å². The third kappa shape index (κ3) is 5.92. The number of hydrogen-bond acceptors (Lipinski definition) is 7. The Hall–Kier alpha value is -4.18. The number of carbonyl (C=O) groups is 1. The molecule has 2 aromatic heterocycles. The maximum absolute atomic E-state index is 12.2. The maximum Gasteiger partial charge on any atom is 0.412 e. The maximum atomic E-state index is 12.2. The van der Waals surface area contributed by atoms with Crippen LogP contribution in [0.1, 0.15) is 27.5 Å². The quantitative estimate of drug-likeness (QED) is 0.441. The smallest absolute Gasteiger partial charge is 0.412 e. The van der Waals surface area contributed by atoms with Crippen molar-refractivity contribution < 1.29 is 23.6 Å². The molecule has 0 aliphatic carbocycles. The number of aryl methyl sites for hydroxylation is 2. The van der Waals surface area contributed by atoms with Crippen molar-refractivity contribution >= 4 is 39.4 Å². The van der Waals surface area contributed by atoms with E-state index in [9.17, 15) is 4.79 Å². The molecule has 0 fully saturated rings. The van der Waals surface area contributed by atoms with Crippen molar-refractivity contribution in [1.82, 2.24) is 5.16 Å². The third-order valence-corrected chi connectivity index (χ3v) is 5.28. The van der Waals surface area contributed by atoms with E-state index in [0.29, 0.717) is 17.1 Å². The van der Waals surface area contributed by atoms with Crippen molar-refractivity contribution in [3.05, 3.63) is 82.1 Å². The molecule has 2 heterocycles. The second-order valence-corrected chi connectivity index (χ2v) is 7.89. The van der Waals surface area contributed by atoms with Gasteiger partial charge in [0.15, 0.2) is 0 Å². The van der Waals surface area contributed by atoms with Gasteiger partial charge in [0.05, 0.1) is 0 Å². The van der Waals surface area contributed by atoms with E-state index in [1.165, 1.54) is 15.0 Å². The Balaban J connectivity index is 0.000000913. The summed E-state index contributed by atoms with van der Waals surface area (Å²) in [6, 6.07) is 17.7. The SMILES string of the molecule is Cc1cc2ccc(C#Cc3onc(C)c3NC(=O)OCc3ccccc3)cc2s1.O=C=O. The van der Waals surface area contributed by atoms with Crippen molar-refractivity contribution in [1.29, 1.82) is 0 Å². The predicted molar refractivity (Wildman–Crippen MR) is 119 cm³/mol. The van der Waals surface area contributed by atoms with Crippen molar-refractivity contribution in [3.63, 3.8) is 0 Å². The van der Waals surface area contributed by atoms with Crippen LogP contribution in [0.3, 0.4) is 0 Å². The van der Waals surface area contributed by atoms with Gasteiger partial charge >= 0.3 is 12.2 Å². The van der Waals surface area contributed by atoms with E-state index in [1.807, 2.05) is 42.5 Å². The molecule has 4 rings (SSSR count). The van der Waals surface area contributed by atoms with Crippen LogP contribution in [0.15, 0.2) is 59.1 Å². The molecule has 0 aliphatic heterocycles. The topological polar surface area (TPSA) is 98.5 Å². The molecule has 2 aromatic carbocycles. The summed E-state index contributed by atoms with van der Waals surface area (Å²) in [4.78, 5) is 29.7. The minimum atomic E-state index is -0.585. The molecule has 0 spiro atoms. The van der Waals surface area contributed by atoms with E-state index in [0.717, 1.165) is 11.1 Å². The molecule has 0 saturated heterocycles. The molecule has 0 radical (unpaired) electrons. The summed E-state index contributed by atoms with van der Waals surface area (Å²) in [6.45, 7) is 4.00. The second kappa shape index (κ2) is 10.7. The number of carbonyl (C=O) groups excluding carboxylic acids is 3. The van der Waals surface area contributed by atoms with Gasteiger partial charge in [-0.1, -0.05) is 47.5 Å². The molecule has 0 aliphatic rings. The second-order valence-electron chi connectivity index (χ2n) is 6.60. The molecule has 0 unspecified atom stereocenters. The first-order chi connectivity index (χ1) is 15.5. The largest absolute Gasteiger partial charge is 0.444 e. The minimum Gasteiger partial charge on any atom is -0.444 e. The Bertz CT molecular complexity index is 1320. The first kappa shape index (κ1) is 22.5. The molecule has 0 saturated carbocycles. The van der Waals surface area contributed by atoms with Gasteiger partial charge in [0.2, 0.25) is 5.76 Å². The highest BCUT2D eigenvalue weighted by Gasteiger charge is 2.15. The lowest BCUT2D eigenvalue weighted by Crippen LogP contribution is -2.14. The zero-order valence-corrected chi connectivity index (χ0v) is 18.1. The summed E-state index contributed by atoms with van der Waals surface area (Å²) in [5, 5.41) is 7.79. The van der Waals surface area contributed by atoms with Crippen molar-refractivity contribution in [2.75, 3.05) is 5.32 Å². The fourth-order valence-corrected chi connectivity index (χ4v) is 3.80. The highest BCUT2D eigenvalue weighted by molar-refractivity contribution is 7.19.